The van der Waals surface area contributed by atoms with Crippen LogP contribution in [0.4, 0.5) is 4.39 Å². The lowest BCUT2D eigenvalue weighted by Crippen LogP contribution is -1.95. The predicted octanol–water partition coefficient (Wildman–Crippen LogP) is 5.13. The van der Waals surface area contributed by atoms with Gasteiger partial charge >= 0.3 is 0 Å². The van der Waals surface area contributed by atoms with Gasteiger partial charge in [-0.05, 0) is 23.6 Å². The molecular weight excluding hydrogens is 343 g/mol. The summed E-state index contributed by atoms with van der Waals surface area (Å²) in [5.41, 5.74) is 0.653. The van der Waals surface area contributed by atoms with Crippen molar-refractivity contribution in [2.24, 2.45) is 0 Å². The topological polar surface area (TPSA) is 0 Å². The van der Waals surface area contributed by atoms with E-state index in [4.69, 9.17) is 0 Å². The molecule has 78 valence electrons. The number of thiophene rings is 1. The van der Waals surface area contributed by atoms with Gasteiger partial charge in [-0.15, -0.1) is 11.3 Å². The minimum absolute atomic E-state index is 0.0897. The molecule has 0 fully saturated rings. The average Bonchev–Trinajstić information content (AvgIpc) is 2.69. The lowest BCUT2D eigenvalue weighted by Gasteiger charge is -2.11. The molecule has 15 heavy (non-hydrogen) atoms. The molecule has 0 aliphatic rings. The largest absolute Gasteiger partial charge is 0.207 e. The Morgan fingerprint density at radius 3 is 2.60 bits per heavy atom. The molecule has 0 spiro atoms. The van der Waals surface area contributed by atoms with Crippen molar-refractivity contribution in [1.29, 1.82) is 0 Å². The summed E-state index contributed by atoms with van der Waals surface area (Å²) in [6.45, 7) is 0. The van der Waals surface area contributed by atoms with Crippen LogP contribution in [0.3, 0.4) is 0 Å². The number of halogens is 3. The van der Waals surface area contributed by atoms with Gasteiger partial charge in [0.05, 0.1) is 4.83 Å². The number of rotatable bonds is 2. The fourth-order valence-corrected chi connectivity index (χ4v) is 3.86. The normalized spacial score (nSPS) is 12.7. The first kappa shape index (κ1) is 11.3. The van der Waals surface area contributed by atoms with E-state index in [-0.39, 0.29) is 10.6 Å². The molecule has 1 atom stereocenters. The second kappa shape index (κ2) is 4.76. The summed E-state index contributed by atoms with van der Waals surface area (Å²) in [6.07, 6.45) is 0. The minimum atomic E-state index is -0.195. The number of hydrogen-bond donors (Lipinski definition) is 0. The van der Waals surface area contributed by atoms with Crippen LogP contribution in [0, 0.1) is 5.82 Å². The van der Waals surface area contributed by atoms with Gasteiger partial charge in [0, 0.05) is 14.9 Å². The Balaban J connectivity index is 2.46. The van der Waals surface area contributed by atoms with Gasteiger partial charge in [-0.2, -0.15) is 0 Å². The van der Waals surface area contributed by atoms with Crippen LogP contribution in [0.5, 0.6) is 0 Å². The second-order valence-electron chi connectivity index (χ2n) is 3.01. The lowest BCUT2D eigenvalue weighted by atomic mass is 10.1. The minimum Gasteiger partial charge on any atom is -0.207 e. The van der Waals surface area contributed by atoms with Crippen molar-refractivity contribution in [3.05, 3.63) is 56.4 Å². The highest BCUT2D eigenvalue weighted by molar-refractivity contribution is 9.11. The number of benzene rings is 1. The molecule has 0 bridgehead atoms. The smallest absolute Gasteiger partial charge is 0.129 e. The van der Waals surface area contributed by atoms with Gasteiger partial charge in [-0.25, -0.2) is 4.39 Å². The van der Waals surface area contributed by atoms with Crippen molar-refractivity contribution in [2.45, 2.75) is 4.83 Å². The first-order valence-electron chi connectivity index (χ1n) is 4.31. The molecule has 0 nitrogen and oxygen atoms in total. The molecule has 0 aliphatic carbocycles. The first-order valence-corrected chi connectivity index (χ1v) is 6.90. The van der Waals surface area contributed by atoms with Gasteiger partial charge in [0.15, 0.2) is 0 Å². The van der Waals surface area contributed by atoms with E-state index < -0.39 is 0 Å². The Kier molecular flexibility index (Phi) is 3.59. The quantitative estimate of drug-likeness (QED) is 0.659. The molecule has 2 rings (SSSR count). The summed E-state index contributed by atoms with van der Waals surface area (Å²) in [5.74, 6) is -0.195. The highest BCUT2D eigenvalue weighted by Crippen LogP contribution is 2.38. The van der Waals surface area contributed by atoms with Crippen LogP contribution in [0.15, 0.2) is 40.2 Å². The highest BCUT2D eigenvalue weighted by atomic mass is 79.9. The van der Waals surface area contributed by atoms with Gasteiger partial charge in [-0.1, -0.05) is 44.0 Å². The van der Waals surface area contributed by atoms with E-state index in [1.807, 2.05) is 23.6 Å². The van der Waals surface area contributed by atoms with Crippen molar-refractivity contribution in [3.8, 4) is 0 Å². The van der Waals surface area contributed by atoms with E-state index in [2.05, 4.69) is 31.9 Å². The zero-order valence-corrected chi connectivity index (χ0v) is 11.6. The standard InChI is InChI=1S/C11H7Br2FS/c12-7-3-1-4-8(14)10(7)11(13)9-5-2-6-15-9/h1-6,11H. The van der Waals surface area contributed by atoms with E-state index in [9.17, 15) is 4.39 Å². The van der Waals surface area contributed by atoms with E-state index in [0.717, 1.165) is 9.35 Å². The second-order valence-corrected chi connectivity index (χ2v) is 5.76. The molecule has 0 saturated carbocycles. The van der Waals surface area contributed by atoms with Crippen LogP contribution >= 0.6 is 43.2 Å². The van der Waals surface area contributed by atoms with Crippen molar-refractivity contribution < 1.29 is 4.39 Å². The number of alkyl halides is 1. The molecule has 0 saturated heterocycles. The summed E-state index contributed by atoms with van der Waals surface area (Å²) in [6, 6.07) is 8.96. The Morgan fingerprint density at radius 2 is 2.00 bits per heavy atom. The Bertz CT molecular complexity index is 433. The van der Waals surface area contributed by atoms with Crippen LogP contribution in [-0.2, 0) is 0 Å². The molecule has 1 aromatic carbocycles. The van der Waals surface area contributed by atoms with Crippen LogP contribution < -0.4 is 0 Å². The summed E-state index contributed by atoms with van der Waals surface area (Å²) in [7, 11) is 0. The van der Waals surface area contributed by atoms with E-state index in [0.29, 0.717) is 5.56 Å². The van der Waals surface area contributed by atoms with Gasteiger partial charge in [0.1, 0.15) is 5.82 Å². The number of hydrogen-bond acceptors (Lipinski definition) is 1. The van der Waals surface area contributed by atoms with Crippen LogP contribution in [0.25, 0.3) is 0 Å². The van der Waals surface area contributed by atoms with Crippen molar-refractivity contribution in [3.63, 3.8) is 0 Å². The van der Waals surface area contributed by atoms with Gasteiger partial charge in [-0.3, -0.25) is 0 Å². The van der Waals surface area contributed by atoms with Crippen LogP contribution in [-0.4, -0.2) is 0 Å². The van der Waals surface area contributed by atoms with Crippen molar-refractivity contribution in [1.82, 2.24) is 0 Å². The molecule has 2 aromatic rings. The Morgan fingerprint density at radius 1 is 1.20 bits per heavy atom. The van der Waals surface area contributed by atoms with Crippen LogP contribution in [0.2, 0.25) is 0 Å². The molecular formula is C11H7Br2FS. The summed E-state index contributed by atoms with van der Waals surface area (Å²) >= 11 is 8.49. The van der Waals surface area contributed by atoms with Gasteiger partial charge in [0.25, 0.3) is 0 Å². The third-order valence-electron chi connectivity index (χ3n) is 2.05. The molecule has 1 heterocycles. The molecule has 0 radical (unpaired) electrons. The molecule has 1 aromatic heterocycles. The third kappa shape index (κ3) is 2.32. The monoisotopic (exact) mass is 348 g/mol. The summed E-state index contributed by atoms with van der Waals surface area (Å²) in [5, 5.41) is 1.98. The molecule has 0 aliphatic heterocycles. The van der Waals surface area contributed by atoms with Crippen molar-refractivity contribution >= 4 is 43.2 Å². The molecule has 4 heteroatoms. The Hall–Kier alpha value is -0.190. The zero-order chi connectivity index (χ0) is 10.8. The average molecular weight is 350 g/mol. The van der Waals surface area contributed by atoms with E-state index >= 15 is 0 Å². The van der Waals surface area contributed by atoms with Gasteiger partial charge in [0.2, 0.25) is 0 Å². The summed E-state index contributed by atoms with van der Waals surface area (Å²) in [4.78, 5) is 1.01. The fraction of sp³-hybridized carbons (Fsp3) is 0.0909. The maximum Gasteiger partial charge on any atom is 0.129 e. The van der Waals surface area contributed by atoms with E-state index in [1.54, 1.807) is 17.4 Å². The van der Waals surface area contributed by atoms with E-state index in [1.165, 1.54) is 6.07 Å². The molecule has 0 amide bonds. The SMILES string of the molecule is Fc1cccc(Br)c1C(Br)c1cccs1. The maximum atomic E-state index is 13.6. The predicted molar refractivity (Wildman–Crippen MR) is 69.2 cm³/mol. The first-order chi connectivity index (χ1) is 7.20. The summed E-state index contributed by atoms with van der Waals surface area (Å²) < 4.78 is 14.4. The van der Waals surface area contributed by atoms with Crippen molar-refractivity contribution in [2.75, 3.05) is 0 Å². The molecule has 0 N–H and O–H groups in total. The fourth-order valence-electron chi connectivity index (χ4n) is 1.33. The zero-order valence-electron chi connectivity index (χ0n) is 7.58. The van der Waals surface area contributed by atoms with Gasteiger partial charge < -0.3 is 0 Å². The molecule has 1 unspecified atom stereocenters. The van der Waals surface area contributed by atoms with Crippen LogP contribution in [0.1, 0.15) is 15.3 Å². The maximum absolute atomic E-state index is 13.6. The lowest BCUT2D eigenvalue weighted by molar-refractivity contribution is 0.612. The Labute approximate surface area is 108 Å². The highest BCUT2D eigenvalue weighted by Gasteiger charge is 2.18. The third-order valence-corrected chi connectivity index (χ3v) is 4.93.